The Labute approximate surface area is 365 Å². The maximum Gasteiger partial charge on any atom is 0.318 e. The van der Waals surface area contributed by atoms with Crippen molar-refractivity contribution in [3.63, 3.8) is 0 Å². The van der Waals surface area contributed by atoms with Crippen LogP contribution in [0.15, 0.2) is 97.1 Å². The number of fused-ring (bicyclic) bond motifs is 9. The van der Waals surface area contributed by atoms with Crippen molar-refractivity contribution in [1.82, 2.24) is 33.6 Å². The highest BCUT2D eigenvalue weighted by atomic mass is 32.2. The summed E-state index contributed by atoms with van der Waals surface area (Å²) in [6.45, 7) is 5.26. The number of nitrogens with zero attached hydrogens (tertiary/aromatic N) is 5. The van der Waals surface area contributed by atoms with E-state index in [9.17, 15) is 18.0 Å². The molecule has 324 valence electrons. The number of aromatic nitrogens is 1. The quantitative estimate of drug-likeness (QED) is 0.157. The molecule has 4 fully saturated rings. The number of piperazine rings is 2. The van der Waals surface area contributed by atoms with Gasteiger partial charge < -0.3 is 19.5 Å². The fraction of sp³-hybridized carbons (Fsp3) is 0.429. The zero-order valence-corrected chi connectivity index (χ0v) is 36.7. The molecule has 2 aliphatic carbocycles. The highest BCUT2D eigenvalue weighted by molar-refractivity contribution is 7.87. The normalized spacial score (nSPS) is 23.9. The number of urea groups is 1. The van der Waals surface area contributed by atoms with Gasteiger partial charge in [0, 0.05) is 99.9 Å². The summed E-state index contributed by atoms with van der Waals surface area (Å²) < 4.78 is 36.9. The van der Waals surface area contributed by atoms with Crippen LogP contribution in [-0.4, -0.2) is 109 Å². The Hall–Kier alpha value is -5.21. The summed E-state index contributed by atoms with van der Waals surface area (Å²) in [5, 5.41) is 4.74. The Balaban J connectivity index is 0.999. The third-order valence-corrected chi connectivity index (χ3v) is 15.7. The number of carbonyl (C=O) groups is 2. The van der Waals surface area contributed by atoms with Crippen LogP contribution in [0, 0.1) is 0 Å². The van der Waals surface area contributed by atoms with E-state index in [1.807, 2.05) is 18.2 Å². The molecule has 2 bridgehead atoms. The van der Waals surface area contributed by atoms with Crippen LogP contribution < -0.4 is 14.8 Å². The highest BCUT2D eigenvalue weighted by Crippen LogP contribution is 2.60. The van der Waals surface area contributed by atoms with E-state index in [0.29, 0.717) is 25.6 Å². The van der Waals surface area contributed by atoms with Gasteiger partial charge in [0.2, 0.25) is 0 Å². The van der Waals surface area contributed by atoms with Gasteiger partial charge in [0.25, 0.3) is 5.91 Å². The SMILES string of the molecule is COc1ccc2c(c1)C1CC1(NC(=O)N1CC3CN(Cc4ccccc4)CC(C1)N3Cc1ccccc1)Cn1c-2c(C2CCCCC2)c2ccc(C(=O)NS(=O)(=O)N(C)C)cc21. The smallest absolute Gasteiger partial charge is 0.318 e. The molecule has 5 aliphatic rings. The van der Waals surface area contributed by atoms with E-state index >= 15 is 0 Å². The van der Waals surface area contributed by atoms with Gasteiger partial charge in [-0.25, -0.2) is 9.52 Å². The molecule has 12 nitrogen and oxygen atoms in total. The van der Waals surface area contributed by atoms with Gasteiger partial charge in [0.05, 0.1) is 18.3 Å². The second-order valence-corrected chi connectivity index (χ2v) is 20.4. The van der Waals surface area contributed by atoms with Gasteiger partial charge in [-0.05, 0) is 77.8 Å². The van der Waals surface area contributed by atoms with Crippen LogP contribution in [0.3, 0.4) is 0 Å². The molecule has 4 heterocycles. The zero-order valence-electron chi connectivity index (χ0n) is 35.9. The first kappa shape index (κ1) is 40.8. The lowest BCUT2D eigenvalue weighted by atomic mass is 9.81. The maximum absolute atomic E-state index is 14.9. The van der Waals surface area contributed by atoms with Gasteiger partial charge in [0.1, 0.15) is 5.75 Å². The third-order valence-electron chi connectivity index (χ3n) is 14.3. The molecule has 3 aliphatic heterocycles. The van der Waals surface area contributed by atoms with Gasteiger partial charge in [-0.2, -0.15) is 12.7 Å². The van der Waals surface area contributed by atoms with Crippen molar-refractivity contribution in [3.8, 4) is 17.0 Å². The minimum Gasteiger partial charge on any atom is -0.497 e. The van der Waals surface area contributed by atoms with Crippen LogP contribution in [0.2, 0.25) is 0 Å². The Bertz CT molecular complexity index is 2600. The van der Waals surface area contributed by atoms with Crippen molar-refractivity contribution in [2.75, 3.05) is 47.4 Å². The summed E-state index contributed by atoms with van der Waals surface area (Å²) in [5.41, 5.74) is 7.86. The van der Waals surface area contributed by atoms with Crippen LogP contribution in [0.25, 0.3) is 22.2 Å². The summed E-state index contributed by atoms with van der Waals surface area (Å²) in [6.07, 6.45) is 6.45. The van der Waals surface area contributed by atoms with Crippen molar-refractivity contribution in [2.45, 2.75) is 87.6 Å². The van der Waals surface area contributed by atoms with Crippen LogP contribution in [0.1, 0.15) is 83.0 Å². The van der Waals surface area contributed by atoms with Gasteiger partial charge in [0.15, 0.2) is 0 Å². The Morgan fingerprint density at radius 2 is 1.50 bits per heavy atom. The van der Waals surface area contributed by atoms with Crippen LogP contribution in [0.5, 0.6) is 5.75 Å². The Morgan fingerprint density at radius 3 is 2.16 bits per heavy atom. The summed E-state index contributed by atoms with van der Waals surface area (Å²) in [4.78, 5) is 35.7. The fourth-order valence-electron chi connectivity index (χ4n) is 11.1. The molecule has 10 rings (SSSR count). The predicted octanol–water partition coefficient (Wildman–Crippen LogP) is 6.92. The molecule has 4 aromatic carbocycles. The van der Waals surface area contributed by atoms with Gasteiger partial charge >= 0.3 is 16.2 Å². The first-order valence-corrected chi connectivity index (χ1v) is 23.7. The average Bonchev–Trinajstić information content (AvgIpc) is 3.90. The molecule has 62 heavy (non-hydrogen) atoms. The summed E-state index contributed by atoms with van der Waals surface area (Å²) in [6, 6.07) is 33.6. The van der Waals surface area contributed by atoms with Crippen LogP contribution >= 0.6 is 0 Å². The first-order chi connectivity index (χ1) is 30.0. The number of hydrogen-bond acceptors (Lipinski definition) is 7. The summed E-state index contributed by atoms with van der Waals surface area (Å²) in [7, 11) is 0.485. The number of carbonyl (C=O) groups excluding carboxylic acids is 2. The molecule has 13 heteroatoms. The van der Waals surface area contributed by atoms with Gasteiger partial charge in [-0.3, -0.25) is 14.6 Å². The topological polar surface area (TPSA) is 119 Å². The molecule has 4 unspecified atom stereocenters. The molecular formula is C49H57N7O5S. The molecule has 0 spiro atoms. The maximum atomic E-state index is 14.9. The molecular weight excluding hydrogens is 799 g/mol. The molecule has 4 atom stereocenters. The van der Waals surface area contributed by atoms with E-state index in [2.05, 4.69) is 102 Å². The lowest BCUT2D eigenvalue weighted by Crippen LogP contribution is -2.69. The number of ether oxygens (including phenoxy) is 1. The van der Waals surface area contributed by atoms with Crippen LogP contribution in [-0.2, 0) is 29.8 Å². The summed E-state index contributed by atoms with van der Waals surface area (Å²) >= 11 is 0. The van der Waals surface area contributed by atoms with E-state index in [1.54, 1.807) is 13.2 Å². The van der Waals surface area contributed by atoms with Crippen molar-refractivity contribution in [3.05, 3.63) is 125 Å². The minimum absolute atomic E-state index is 0.0378. The van der Waals surface area contributed by atoms with E-state index < -0.39 is 21.7 Å². The first-order valence-electron chi connectivity index (χ1n) is 22.2. The van der Waals surface area contributed by atoms with Crippen molar-refractivity contribution >= 4 is 33.1 Å². The number of hydrogen-bond donors (Lipinski definition) is 2. The molecule has 3 amide bonds. The molecule has 1 aromatic heterocycles. The number of nitrogens with one attached hydrogen (secondary N) is 2. The molecule has 0 radical (unpaired) electrons. The second-order valence-electron chi connectivity index (χ2n) is 18.5. The molecule has 2 saturated heterocycles. The van der Waals surface area contributed by atoms with Gasteiger partial charge in [-0.1, -0.05) is 86.0 Å². The lowest BCUT2D eigenvalue weighted by Gasteiger charge is -2.53. The van der Waals surface area contributed by atoms with E-state index in [4.69, 9.17) is 4.74 Å². The molecule has 2 saturated carbocycles. The highest BCUT2D eigenvalue weighted by Gasteiger charge is 2.59. The third kappa shape index (κ3) is 7.56. The number of amides is 3. The molecule has 5 aromatic rings. The number of methoxy groups -OCH3 is 1. The van der Waals surface area contributed by atoms with E-state index in [1.165, 1.54) is 42.8 Å². The lowest BCUT2D eigenvalue weighted by molar-refractivity contribution is -0.0405. The van der Waals surface area contributed by atoms with Crippen molar-refractivity contribution < 1.29 is 22.7 Å². The van der Waals surface area contributed by atoms with E-state index in [0.717, 1.165) is 90.5 Å². The largest absolute Gasteiger partial charge is 0.497 e. The monoisotopic (exact) mass is 855 g/mol. The molecule has 2 N–H and O–H groups in total. The van der Waals surface area contributed by atoms with Crippen molar-refractivity contribution in [2.24, 2.45) is 0 Å². The number of benzene rings is 4. The standard InChI is InChI=1S/C49H57N7O5S/c1-52(2)62(59,60)51-47(57)36-19-21-41-44(23-36)56-32-49(25-43(49)42-24-39(61-3)20-22-40(42)46(56)45(41)35-17-11-6-12-18-35)50-48(58)54-30-37-28-53(26-33-13-7-4-8-14-33)29-38(31-54)55(37)27-34-15-9-5-10-16-34/h4-5,7-10,13-16,19-24,35,37-38,43H,6,11-12,17-18,25-32H2,1-3H3,(H,50,58)(H,51,57). The van der Waals surface area contributed by atoms with Crippen molar-refractivity contribution in [1.29, 1.82) is 0 Å². The summed E-state index contributed by atoms with van der Waals surface area (Å²) in [5.74, 6) is 0.491. The Kier molecular flexibility index (Phi) is 10.6. The zero-order chi connectivity index (χ0) is 42.8. The predicted molar refractivity (Wildman–Crippen MR) is 241 cm³/mol. The minimum atomic E-state index is -4.00. The van der Waals surface area contributed by atoms with E-state index in [-0.39, 0.29) is 29.6 Å². The Morgan fingerprint density at radius 1 is 0.823 bits per heavy atom. The number of rotatable bonds is 10. The van der Waals surface area contributed by atoms with Gasteiger partial charge in [-0.15, -0.1) is 0 Å². The fourth-order valence-corrected chi connectivity index (χ4v) is 11.7. The van der Waals surface area contributed by atoms with Crippen LogP contribution in [0.4, 0.5) is 4.79 Å². The average molecular weight is 856 g/mol. The second kappa shape index (κ2) is 16.2.